The van der Waals surface area contributed by atoms with E-state index in [1.165, 1.54) is 4.57 Å². The number of alkyl halides is 2. The molecule has 4 heterocycles. The van der Waals surface area contributed by atoms with E-state index >= 15 is 0 Å². The number of halogens is 2. The zero-order valence-corrected chi connectivity index (χ0v) is 19.8. The van der Waals surface area contributed by atoms with Gasteiger partial charge in [0.25, 0.3) is 6.43 Å². The summed E-state index contributed by atoms with van der Waals surface area (Å²) < 4.78 is 41.0. The van der Waals surface area contributed by atoms with Crippen molar-refractivity contribution in [3.63, 3.8) is 0 Å². The monoisotopic (exact) mass is 487 g/mol. The molecule has 188 valence electrons. The number of ether oxygens (including phenoxy) is 2. The predicted octanol–water partition coefficient (Wildman–Crippen LogP) is 3.40. The van der Waals surface area contributed by atoms with Crippen molar-refractivity contribution < 1.29 is 18.3 Å². The first kappa shape index (κ1) is 23.7. The zero-order chi connectivity index (χ0) is 24.2. The summed E-state index contributed by atoms with van der Waals surface area (Å²) in [6.07, 6.45) is -0.639. The van der Waals surface area contributed by atoms with Crippen LogP contribution in [0.25, 0.3) is 16.9 Å². The molecule has 2 N–H and O–H groups in total. The van der Waals surface area contributed by atoms with Gasteiger partial charge in [0.1, 0.15) is 22.9 Å². The first-order valence-electron chi connectivity index (χ1n) is 12.2. The van der Waals surface area contributed by atoms with Crippen LogP contribution in [0.2, 0.25) is 0 Å². The molecule has 0 radical (unpaired) electrons. The standard InChI is InChI=1S/C24H31F2N7O2/c1-2-35-18-5-3-4-17-21(18)31-23(22(25)26)33(17)20-14-19(32-10-12-34-13-11-32)29-24(30-20)28-15-16-6-8-27-9-7-16/h3-5,14,16,22,27H,2,6-13,15H2,1H3,(H,28,29,30). The molecule has 0 spiro atoms. The molecule has 0 unspecified atom stereocenters. The summed E-state index contributed by atoms with van der Waals surface area (Å²) in [6.45, 7) is 7.50. The van der Waals surface area contributed by atoms with Gasteiger partial charge in [0, 0.05) is 25.7 Å². The number of benzene rings is 1. The summed E-state index contributed by atoms with van der Waals surface area (Å²) in [7, 11) is 0. The fourth-order valence-electron chi connectivity index (χ4n) is 4.64. The van der Waals surface area contributed by atoms with Gasteiger partial charge in [-0.05, 0) is 50.9 Å². The molecule has 3 aromatic rings. The van der Waals surface area contributed by atoms with Gasteiger partial charge in [0.05, 0.1) is 25.3 Å². The Kier molecular flexibility index (Phi) is 7.24. The number of rotatable bonds is 8. The Balaban J connectivity index is 1.58. The Morgan fingerprint density at radius 2 is 1.91 bits per heavy atom. The molecule has 0 saturated carbocycles. The highest BCUT2D eigenvalue weighted by Crippen LogP contribution is 2.33. The molecule has 0 amide bonds. The number of morpholine rings is 1. The largest absolute Gasteiger partial charge is 0.492 e. The van der Waals surface area contributed by atoms with Crippen LogP contribution in [0.15, 0.2) is 24.3 Å². The SMILES string of the molecule is CCOc1cccc2c1nc(C(F)F)n2-c1cc(N2CCOCC2)nc(NCC2CCNCC2)n1. The van der Waals surface area contributed by atoms with Crippen LogP contribution >= 0.6 is 0 Å². The first-order valence-corrected chi connectivity index (χ1v) is 12.2. The molecule has 2 aliphatic heterocycles. The average Bonchev–Trinajstić information content (AvgIpc) is 3.30. The maximum atomic E-state index is 14.2. The van der Waals surface area contributed by atoms with E-state index in [-0.39, 0.29) is 5.82 Å². The van der Waals surface area contributed by atoms with E-state index in [2.05, 4.69) is 25.5 Å². The zero-order valence-electron chi connectivity index (χ0n) is 19.8. The van der Waals surface area contributed by atoms with Crippen molar-refractivity contribution in [2.45, 2.75) is 26.2 Å². The van der Waals surface area contributed by atoms with Gasteiger partial charge >= 0.3 is 0 Å². The van der Waals surface area contributed by atoms with Crippen LogP contribution in [-0.4, -0.2) is 72.1 Å². The van der Waals surface area contributed by atoms with Gasteiger partial charge in [-0.3, -0.25) is 4.57 Å². The van der Waals surface area contributed by atoms with E-state index in [0.29, 0.717) is 73.2 Å². The minimum absolute atomic E-state index is 0.348. The second kappa shape index (κ2) is 10.7. The minimum Gasteiger partial charge on any atom is -0.492 e. The maximum Gasteiger partial charge on any atom is 0.296 e. The smallest absolute Gasteiger partial charge is 0.296 e. The third-order valence-electron chi connectivity index (χ3n) is 6.44. The molecule has 0 atom stereocenters. The predicted molar refractivity (Wildman–Crippen MR) is 130 cm³/mol. The molecule has 2 aliphatic rings. The molecular weight excluding hydrogens is 456 g/mol. The Hall–Kier alpha value is -3.05. The van der Waals surface area contributed by atoms with Gasteiger partial charge in [0.2, 0.25) is 5.95 Å². The summed E-state index contributed by atoms with van der Waals surface area (Å²) in [4.78, 5) is 15.8. The van der Waals surface area contributed by atoms with Crippen molar-refractivity contribution in [3.8, 4) is 11.6 Å². The lowest BCUT2D eigenvalue weighted by atomic mass is 9.98. The van der Waals surface area contributed by atoms with Crippen molar-refractivity contribution in [1.82, 2.24) is 24.8 Å². The molecule has 2 aromatic heterocycles. The number of anilines is 2. The summed E-state index contributed by atoms with van der Waals surface area (Å²) in [6, 6.07) is 7.03. The Morgan fingerprint density at radius 3 is 2.66 bits per heavy atom. The van der Waals surface area contributed by atoms with Crippen LogP contribution in [0.3, 0.4) is 0 Å². The number of para-hydroxylation sites is 1. The minimum atomic E-state index is -2.79. The van der Waals surface area contributed by atoms with Crippen LogP contribution in [0.4, 0.5) is 20.5 Å². The second-order valence-electron chi connectivity index (χ2n) is 8.74. The Bertz CT molecular complexity index is 1140. The van der Waals surface area contributed by atoms with Crippen molar-refractivity contribution in [1.29, 1.82) is 0 Å². The van der Waals surface area contributed by atoms with Gasteiger partial charge in [-0.2, -0.15) is 9.97 Å². The lowest BCUT2D eigenvalue weighted by molar-refractivity contribution is 0.122. The Morgan fingerprint density at radius 1 is 1.14 bits per heavy atom. The van der Waals surface area contributed by atoms with Crippen LogP contribution in [0, 0.1) is 5.92 Å². The number of imidazole rings is 1. The topological polar surface area (TPSA) is 89.4 Å². The molecule has 11 heteroatoms. The summed E-state index contributed by atoms with van der Waals surface area (Å²) in [5, 5.41) is 6.74. The van der Waals surface area contributed by atoms with E-state index in [1.807, 2.05) is 6.92 Å². The molecule has 9 nitrogen and oxygen atoms in total. The lowest BCUT2D eigenvalue weighted by Crippen LogP contribution is -2.37. The van der Waals surface area contributed by atoms with E-state index in [4.69, 9.17) is 14.5 Å². The highest BCUT2D eigenvalue weighted by molar-refractivity contribution is 5.84. The van der Waals surface area contributed by atoms with Crippen molar-refractivity contribution in [3.05, 3.63) is 30.1 Å². The summed E-state index contributed by atoms with van der Waals surface area (Å²) in [5.74, 6) is 2.05. The normalized spacial score (nSPS) is 17.3. The summed E-state index contributed by atoms with van der Waals surface area (Å²) in [5.41, 5.74) is 0.905. The molecular formula is C24H31F2N7O2. The van der Waals surface area contributed by atoms with Crippen LogP contribution in [-0.2, 0) is 4.74 Å². The number of nitrogens with one attached hydrogen (secondary N) is 2. The van der Waals surface area contributed by atoms with E-state index < -0.39 is 6.43 Å². The lowest BCUT2D eigenvalue weighted by Gasteiger charge is -2.28. The quantitative estimate of drug-likeness (QED) is 0.500. The third-order valence-corrected chi connectivity index (χ3v) is 6.44. The molecule has 0 aliphatic carbocycles. The van der Waals surface area contributed by atoms with Crippen molar-refractivity contribution in [2.24, 2.45) is 5.92 Å². The van der Waals surface area contributed by atoms with Gasteiger partial charge in [-0.1, -0.05) is 6.07 Å². The molecule has 1 aromatic carbocycles. The van der Waals surface area contributed by atoms with Gasteiger partial charge < -0.3 is 25.0 Å². The van der Waals surface area contributed by atoms with Gasteiger partial charge in [-0.15, -0.1) is 0 Å². The number of fused-ring (bicyclic) bond motifs is 1. The first-order chi connectivity index (χ1) is 17.1. The average molecular weight is 488 g/mol. The number of nitrogens with zero attached hydrogens (tertiary/aromatic N) is 5. The molecule has 2 saturated heterocycles. The van der Waals surface area contributed by atoms with Crippen LogP contribution in [0.1, 0.15) is 32.0 Å². The fourth-order valence-corrected chi connectivity index (χ4v) is 4.64. The molecule has 35 heavy (non-hydrogen) atoms. The fraction of sp³-hybridized carbons (Fsp3) is 0.542. The van der Waals surface area contributed by atoms with Gasteiger partial charge in [-0.25, -0.2) is 13.8 Å². The van der Waals surface area contributed by atoms with E-state index in [1.54, 1.807) is 24.3 Å². The van der Waals surface area contributed by atoms with Crippen LogP contribution < -0.4 is 20.3 Å². The number of aromatic nitrogens is 4. The summed E-state index contributed by atoms with van der Waals surface area (Å²) >= 11 is 0. The highest BCUT2D eigenvalue weighted by Gasteiger charge is 2.25. The van der Waals surface area contributed by atoms with Crippen LogP contribution in [0.5, 0.6) is 5.75 Å². The number of hydrogen-bond acceptors (Lipinski definition) is 8. The number of piperidine rings is 1. The molecule has 5 rings (SSSR count). The molecule has 0 bridgehead atoms. The highest BCUT2D eigenvalue weighted by atomic mass is 19.3. The van der Waals surface area contributed by atoms with Crippen molar-refractivity contribution >= 4 is 22.8 Å². The third kappa shape index (κ3) is 5.15. The van der Waals surface area contributed by atoms with E-state index in [9.17, 15) is 8.78 Å². The molecule has 2 fully saturated rings. The second-order valence-corrected chi connectivity index (χ2v) is 8.74. The maximum absolute atomic E-state index is 14.2. The van der Waals surface area contributed by atoms with Crippen molar-refractivity contribution in [2.75, 3.05) is 62.8 Å². The number of hydrogen-bond donors (Lipinski definition) is 2. The van der Waals surface area contributed by atoms with E-state index in [0.717, 1.165) is 32.5 Å². The Labute approximate surface area is 202 Å². The van der Waals surface area contributed by atoms with Gasteiger partial charge in [0.15, 0.2) is 5.82 Å².